The zero-order valence-electron chi connectivity index (χ0n) is 13.9. The van der Waals surface area contributed by atoms with Gasteiger partial charge in [-0.05, 0) is 18.2 Å². The van der Waals surface area contributed by atoms with Gasteiger partial charge in [0.25, 0.3) is 0 Å². The molecule has 1 amide bonds. The maximum Gasteiger partial charge on any atom is 0.246 e. The van der Waals surface area contributed by atoms with Gasteiger partial charge in [0, 0.05) is 51.1 Å². The summed E-state index contributed by atoms with van der Waals surface area (Å²) in [5, 5.41) is 4.04. The molecule has 0 spiro atoms. The highest BCUT2D eigenvalue weighted by atomic mass is 32.2. The quantitative estimate of drug-likeness (QED) is 0.762. The van der Waals surface area contributed by atoms with Crippen LogP contribution >= 0.6 is 0 Å². The van der Waals surface area contributed by atoms with E-state index in [2.05, 4.69) is 5.10 Å². The Morgan fingerprint density at radius 2 is 1.80 bits per heavy atom. The number of benzene rings is 1. The lowest BCUT2D eigenvalue weighted by molar-refractivity contribution is -0.127. The molecular weight excluding hydrogens is 340 g/mol. The van der Waals surface area contributed by atoms with Crippen molar-refractivity contribution in [2.45, 2.75) is 4.90 Å². The molecule has 132 valence electrons. The molecule has 1 aromatic carbocycles. The van der Waals surface area contributed by atoms with Gasteiger partial charge in [-0.3, -0.25) is 9.48 Å². The molecule has 2 aromatic rings. The van der Waals surface area contributed by atoms with Gasteiger partial charge in [-0.25, -0.2) is 8.42 Å². The standard InChI is InChI=1S/C17H20N4O3S/c1-19-14-15(13-18-19)7-8-17(22)20-9-11-21(12-10-20)25(23,24)16-5-3-2-4-6-16/h2-8,13-14H,9-12H2,1H3/b8-7+. The number of hydrogen-bond acceptors (Lipinski definition) is 4. The fourth-order valence-corrected chi connectivity index (χ4v) is 4.13. The number of sulfonamides is 1. The molecule has 0 unspecified atom stereocenters. The van der Waals surface area contributed by atoms with Gasteiger partial charge in [0.1, 0.15) is 0 Å². The molecule has 0 radical (unpaired) electrons. The van der Waals surface area contributed by atoms with E-state index in [1.807, 2.05) is 13.2 Å². The Labute approximate surface area is 147 Å². The van der Waals surface area contributed by atoms with Gasteiger partial charge in [-0.15, -0.1) is 0 Å². The van der Waals surface area contributed by atoms with Crippen LogP contribution in [0.5, 0.6) is 0 Å². The Hall–Kier alpha value is -2.45. The molecule has 2 heterocycles. The first kappa shape index (κ1) is 17.4. The third kappa shape index (κ3) is 3.97. The molecule has 1 saturated heterocycles. The molecule has 1 aliphatic heterocycles. The zero-order chi connectivity index (χ0) is 17.9. The van der Waals surface area contributed by atoms with Crippen LogP contribution in [0.25, 0.3) is 6.08 Å². The molecule has 0 saturated carbocycles. The van der Waals surface area contributed by atoms with Crippen molar-refractivity contribution in [3.05, 3.63) is 54.4 Å². The summed E-state index contributed by atoms with van der Waals surface area (Å²) in [6.45, 7) is 1.35. The fraction of sp³-hybridized carbons (Fsp3) is 0.294. The van der Waals surface area contributed by atoms with E-state index in [0.717, 1.165) is 5.56 Å². The van der Waals surface area contributed by atoms with Gasteiger partial charge in [-0.1, -0.05) is 18.2 Å². The van der Waals surface area contributed by atoms with Crippen molar-refractivity contribution in [1.82, 2.24) is 19.0 Å². The van der Waals surface area contributed by atoms with Crippen molar-refractivity contribution >= 4 is 22.0 Å². The molecule has 3 rings (SSSR count). The Morgan fingerprint density at radius 3 is 2.40 bits per heavy atom. The molecule has 0 atom stereocenters. The van der Waals surface area contributed by atoms with Crippen molar-refractivity contribution in [3.63, 3.8) is 0 Å². The summed E-state index contributed by atoms with van der Waals surface area (Å²) in [5.74, 6) is -0.124. The first-order valence-corrected chi connectivity index (χ1v) is 9.42. The number of amides is 1. The number of carbonyl (C=O) groups is 1. The van der Waals surface area contributed by atoms with E-state index in [9.17, 15) is 13.2 Å². The number of hydrogen-bond donors (Lipinski definition) is 0. The minimum absolute atomic E-state index is 0.124. The minimum Gasteiger partial charge on any atom is -0.337 e. The van der Waals surface area contributed by atoms with Gasteiger partial charge < -0.3 is 4.90 Å². The third-order valence-electron chi connectivity index (χ3n) is 4.07. The summed E-state index contributed by atoms with van der Waals surface area (Å²) < 4.78 is 28.2. The van der Waals surface area contributed by atoms with Gasteiger partial charge in [0.2, 0.25) is 15.9 Å². The number of aromatic nitrogens is 2. The number of carbonyl (C=O) groups excluding carboxylic acids is 1. The summed E-state index contributed by atoms with van der Waals surface area (Å²) in [6, 6.07) is 8.36. The van der Waals surface area contributed by atoms with Gasteiger partial charge in [0.15, 0.2) is 0 Å². The first-order valence-electron chi connectivity index (χ1n) is 7.98. The lowest BCUT2D eigenvalue weighted by Gasteiger charge is -2.33. The topological polar surface area (TPSA) is 75.5 Å². The maximum atomic E-state index is 12.6. The van der Waals surface area contributed by atoms with Crippen LogP contribution < -0.4 is 0 Å². The minimum atomic E-state index is -3.50. The SMILES string of the molecule is Cn1cc(/C=C/C(=O)N2CCN(S(=O)(=O)c3ccccc3)CC2)cn1. The second kappa shape index (κ2) is 7.20. The van der Waals surface area contributed by atoms with E-state index in [0.29, 0.717) is 26.2 Å². The average molecular weight is 360 g/mol. The van der Waals surface area contributed by atoms with E-state index in [1.165, 1.54) is 10.4 Å². The van der Waals surface area contributed by atoms with Crippen LogP contribution in [0.2, 0.25) is 0 Å². The predicted molar refractivity (Wildman–Crippen MR) is 94.0 cm³/mol. The second-order valence-electron chi connectivity index (χ2n) is 5.82. The molecule has 1 aliphatic rings. The summed E-state index contributed by atoms with van der Waals surface area (Å²) in [7, 11) is -1.69. The largest absolute Gasteiger partial charge is 0.337 e. The molecule has 25 heavy (non-hydrogen) atoms. The van der Waals surface area contributed by atoms with Crippen molar-refractivity contribution in [3.8, 4) is 0 Å². The Morgan fingerprint density at radius 1 is 1.12 bits per heavy atom. The molecule has 1 aromatic heterocycles. The van der Waals surface area contributed by atoms with Crippen molar-refractivity contribution < 1.29 is 13.2 Å². The van der Waals surface area contributed by atoms with Crippen LogP contribution in [0.1, 0.15) is 5.56 Å². The van der Waals surface area contributed by atoms with Gasteiger partial charge in [-0.2, -0.15) is 9.40 Å². The third-order valence-corrected chi connectivity index (χ3v) is 5.99. The molecule has 8 heteroatoms. The summed E-state index contributed by atoms with van der Waals surface area (Å²) in [6.07, 6.45) is 6.70. The van der Waals surface area contributed by atoms with Gasteiger partial charge >= 0.3 is 0 Å². The predicted octanol–water partition coefficient (Wildman–Crippen LogP) is 0.966. The highest BCUT2D eigenvalue weighted by molar-refractivity contribution is 7.89. The first-order chi connectivity index (χ1) is 12.0. The zero-order valence-corrected chi connectivity index (χ0v) is 14.8. The molecule has 0 aliphatic carbocycles. The van der Waals surface area contributed by atoms with Crippen LogP contribution in [-0.2, 0) is 21.9 Å². The van der Waals surface area contributed by atoms with Crippen molar-refractivity contribution in [2.75, 3.05) is 26.2 Å². The Balaban J connectivity index is 1.60. The maximum absolute atomic E-state index is 12.6. The van der Waals surface area contributed by atoms with E-state index in [-0.39, 0.29) is 10.8 Å². The van der Waals surface area contributed by atoms with Crippen LogP contribution in [0, 0.1) is 0 Å². The molecule has 0 bridgehead atoms. The summed E-state index contributed by atoms with van der Waals surface area (Å²) in [5.41, 5.74) is 0.848. The number of nitrogens with zero attached hydrogens (tertiary/aromatic N) is 4. The highest BCUT2D eigenvalue weighted by Gasteiger charge is 2.29. The van der Waals surface area contributed by atoms with Crippen molar-refractivity contribution in [1.29, 1.82) is 0 Å². The second-order valence-corrected chi connectivity index (χ2v) is 7.76. The van der Waals surface area contributed by atoms with Crippen LogP contribution in [0.4, 0.5) is 0 Å². The number of aryl methyl sites for hydroxylation is 1. The van der Waals surface area contributed by atoms with Gasteiger partial charge in [0.05, 0.1) is 11.1 Å². The van der Waals surface area contributed by atoms with Crippen molar-refractivity contribution in [2.24, 2.45) is 7.05 Å². The Kier molecular flexibility index (Phi) is 5.00. The van der Waals surface area contributed by atoms with Crippen LogP contribution in [0.3, 0.4) is 0 Å². The fourth-order valence-electron chi connectivity index (χ4n) is 2.69. The summed E-state index contributed by atoms with van der Waals surface area (Å²) >= 11 is 0. The van der Waals surface area contributed by atoms with Crippen LogP contribution in [-0.4, -0.2) is 59.5 Å². The lowest BCUT2D eigenvalue weighted by atomic mass is 10.3. The summed E-state index contributed by atoms with van der Waals surface area (Å²) in [4.78, 5) is 14.2. The van der Waals surface area contributed by atoms with E-state index in [1.54, 1.807) is 52.2 Å². The molecule has 1 fully saturated rings. The molecular formula is C17H20N4O3S. The monoisotopic (exact) mass is 360 g/mol. The lowest BCUT2D eigenvalue weighted by Crippen LogP contribution is -2.50. The van der Waals surface area contributed by atoms with E-state index >= 15 is 0 Å². The smallest absolute Gasteiger partial charge is 0.246 e. The Bertz CT molecular complexity index is 866. The molecule has 7 nitrogen and oxygen atoms in total. The number of piperazine rings is 1. The highest BCUT2D eigenvalue weighted by Crippen LogP contribution is 2.17. The van der Waals surface area contributed by atoms with E-state index in [4.69, 9.17) is 0 Å². The van der Waals surface area contributed by atoms with E-state index < -0.39 is 10.0 Å². The normalized spacial score (nSPS) is 16.4. The molecule has 0 N–H and O–H groups in total. The average Bonchev–Trinajstić information content (AvgIpc) is 3.06. The number of rotatable bonds is 4. The van der Waals surface area contributed by atoms with Crippen LogP contribution in [0.15, 0.2) is 53.7 Å².